The van der Waals surface area contributed by atoms with Gasteiger partial charge >= 0.3 is 0 Å². The second-order valence-electron chi connectivity index (χ2n) is 2.51. The number of aromatic nitrogens is 1. The molecule has 0 aromatic carbocycles. The molecule has 0 unspecified atom stereocenters. The number of alkyl halides is 2. The van der Waals surface area contributed by atoms with Gasteiger partial charge in [-0.1, -0.05) is 0 Å². The lowest BCUT2D eigenvalue weighted by atomic mass is 10.2. The van der Waals surface area contributed by atoms with E-state index >= 15 is 0 Å². The monoisotopic (exact) mass is 206 g/mol. The van der Waals surface area contributed by atoms with Crippen molar-refractivity contribution in [3.05, 3.63) is 23.3 Å². The van der Waals surface area contributed by atoms with Crippen LogP contribution < -0.4 is 10.5 Å². The van der Waals surface area contributed by atoms with E-state index in [2.05, 4.69) is 9.72 Å². The average molecular weight is 206 g/mol. The zero-order valence-electron chi connectivity index (χ0n) is 7.43. The first-order valence-corrected chi connectivity index (χ1v) is 3.81. The molecule has 0 spiro atoms. The van der Waals surface area contributed by atoms with Gasteiger partial charge in [-0.05, 0) is 0 Å². The first kappa shape index (κ1) is 10.8. The van der Waals surface area contributed by atoms with E-state index < -0.39 is 17.9 Å². The van der Waals surface area contributed by atoms with Crippen molar-refractivity contribution in [1.82, 2.24) is 4.98 Å². The first-order valence-electron chi connectivity index (χ1n) is 3.81. The number of nitrogens with zero attached hydrogens (tertiary/aromatic N) is 1. The van der Waals surface area contributed by atoms with Crippen molar-refractivity contribution in [2.24, 2.45) is 5.73 Å². The first-order chi connectivity index (χ1) is 6.60. The van der Waals surface area contributed by atoms with Crippen LogP contribution in [-0.2, 0) is 6.54 Å². The summed E-state index contributed by atoms with van der Waals surface area (Å²) in [5.74, 6) is -1.06. The minimum absolute atomic E-state index is 0.0113. The molecule has 6 heteroatoms. The Labute approximate surface area is 78.7 Å². The molecule has 14 heavy (non-hydrogen) atoms. The molecule has 0 saturated heterocycles. The van der Waals surface area contributed by atoms with Crippen LogP contribution in [0.3, 0.4) is 0 Å². The van der Waals surface area contributed by atoms with Gasteiger partial charge in [0.2, 0.25) is 0 Å². The van der Waals surface area contributed by atoms with Gasteiger partial charge in [-0.15, -0.1) is 0 Å². The van der Waals surface area contributed by atoms with Gasteiger partial charge in [0, 0.05) is 12.6 Å². The highest BCUT2D eigenvalue weighted by Crippen LogP contribution is 2.25. The Bertz CT molecular complexity index is 331. The molecule has 0 aliphatic carbocycles. The van der Waals surface area contributed by atoms with Crippen LogP contribution in [0, 0.1) is 5.82 Å². The maximum Gasteiger partial charge on any atom is 0.280 e. The third kappa shape index (κ3) is 1.95. The molecule has 78 valence electrons. The van der Waals surface area contributed by atoms with Crippen molar-refractivity contribution in [3.8, 4) is 5.75 Å². The molecule has 0 radical (unpaired) electrons. The van der Waals surface area contributed by atoms with Crippen molar-refractivity contribution in [3.63, 3.8) is 0 Å². The van der Waals surface area contributed by atoms with Crippen LogP contribution in [0.4, 0.5) is 13.2 Å². The zero-order valence-corrected chi connectivity index (χ0v) is 7.43. The second-order valence-corrected chi connectivity index (χ2v) is 2.51. The molecule has 0 bridgehead atoms. The number of hydrogen-bond acceptors (Lipinski definition) is 3. The highest BCUT2D eigenvalue weighted by atomic mass is 19.3. The molecule has 2 N–H and O–H groups in total. The van der Waals surface area contributed by atoms with Crippen molar-refractivity contribution in [1.29, 1.82) is 0 Å². The molecule has 1 aromatic rings. The molecule has 0 fully saturated rings. The number of methoxy groups -OCH3 is 1. The summed E-state index contributed by atoms with van der Waals surface area (Å²) in [4.78, 5) is 3.48. The smallest absolute Gasteiger partial charge is 0.280 e. The quantitative estimate of drug-likeness (QED) is 0.817. The molecule has 1 aromatic heterocycles. The maximum atomic E-state index is 13.1. The van der Waals surface area contributed by atoms with E-state index in [0.29, 0.717) is 6.07 Å². The minimum Gasteiger partial charge on any atom is -0.492 e. The van der Waals surface area contributed by atoms with Crippen molar-refractivity contribution < 1.29 is 17.9 Å². The van der Waals surface area contributed by atoms with Gasteiger partial charge in [-0.2, -0.15) is 0 Å². The average Bonchev–Trinajstić information content (AvgIpc) is 2.16. The van der Waals surface area contributed by atoms with E-state index in [1.807, 2.05) is 0 Å². The lowest BCUT2D eigenvalue weighted by Crippen LogP contribution is -2.07. The Morgan fingerprint density at radius 3 is 2.64 bits per heavy atom. The Morgan fingerprint density at radius 1 is 1.57 bits per heavy atom. The molecule has 0 atom stereocenters. The fourth-order valence-electron chi connectivity index (χ4n) is 1.04. The van der Waals surface area contributed by atoms with Gasteiger partial charge in [0.15, 0.2) is 11.6 Å². The van der Waals surface area contributed by atoms with Gasteiger partial charge in [0.1, 0.15) is 5.69 Å². The molecule has 0 saturated carbocycles. The molecule has 0 aliphatic rings. The summed E-state index contributed by atoms with van der Waals surface area (Å²) < 4.78 is 42.1. The summed E-state index contributed by atoms with van der Waals surface area (Å²) in [6.07, 6.45) is -2.82. The molecule has 0 aliphatic heterocycles. The molecule has 1 heterocycles. The summed E-state index contributed by atoms with van der Waals surface area (Å²) >= 11 is 0. The van der Waals surface area contributed by atoms with Crippen molar-refractivity contribution in [2.45, 2.75) is 13.0 Å². The van der Waals surface area contributed by atoms with Gasteiger partial charge in [0.25, 0.3) is 6.43 Å². The normalized spacial score (nSPS) is 10.7. The topological polar surface area (TPSA) is 48.1 Å². The summed E-state index contributed by atoms with van der Waals surface area (Å²) in [5, 5.41) is 0. The molecular weight excluding hydrogens is 197 g/mol. The van der Waals surface area contributed by atoms with Crippen LogP contribution in [0.1, 0.15) is 17.8 Å². The molecule has 0 amide bonds. The van der Waals surface area contributed by atoms with Crippen LogP contribution >= 0.6 is 0 Å². The number of ether oxygens (including phenoxy) is 1. The van der Waals surface area contributed by atoms with Crippen LogP contribution in [0.15, 0.2) is 6.07 Å². The van der Waals surface area contributed by atoms with Gasteiger partial charge in [0.05, 0.1) is 12.8 Å². The van der Waals surface area contributed by atoms with Crippen LogP contribution in [0.2, 0.25) is 0 Å². The SMILES string of the molecule is COc1c(F)cc(C(F)F)nc1CN. The maximum absolute atomic E-state index is 13.1. The van der Waals surface area contributed by atoms with E-state index in [-0.39, 0.29) is 18.0 Å². The van der Waals surface area contributed by atoms with E-state index in [4.69, 9.17) is 5.73 Å². The van der Waals surface area contributed by atoms with E-state index in [1.165, 1.54) is 7.11 Å². The zero-order chi connectivity index (χ0) is 10.7. The molecule has 1 rings (SSSR count). The Balaban J connectivity index is 3.24. The number of nitrogens with two attached hydrogens (primary N) is 1. The largest absolute Gasteiger partial charge is 0.492 e. The van der Waals surface area contributed by atoms with E-state index in [9.17, 15) is 13.2 Å². The van der Waals surface area contributed by atoms with Crippen LogP contribution in [0.5, 0.6) is 5.75 Å². The molecular formula is C8H9F3N2O. The fourth-order valence-corrected chi connectivity index (χ4v) is 1.04. The third-order valence-corrected chi connectivity index (χ3v) is 1.64. The number of hydrogen-bond donors (Lipinski definition) is 1. The predicted octanol–water partition coefficient (Wildman–Crippen LogP) is 1.63. The van der Waals surface area contributed by atoms with Crippen LogP contribution in [-0.4, -0.2) is 12.1 Å². The van der Waals surface area contributed by atoms with E-state index in [1.54, 1.807) is 0 Å². The van der Waals surface area contributed by atoms with E-state index in [0.717, 1.165) is 0 Å². The number of pyridine rings is 1. The third-order valence-electron chi connectivity index (χ3n) is 1.64. The summed E-state index contributed by atoms with van der Waals surface area (Å²) in [6.45, 7) is -0.152. The minimum atomic E-state index is -2.82. The highest BCUT2D eigenvalue weighted by Gasteiger charge is 2.17. The van der Waals surface area contributed by atoms with Crippen molar-refractivity contribution in [2.75, 3.05) is 7.11 Å². The predicted molar refractivity (Wildman–Crippen MR) is 43.6 cm³/mol. The van der Waals surface area contributed by atoms with Crippen LogP contribution in [0.25, 0.3) is 0 Å². The Hall–Kier alpha value is -1.30. The van der Waals surface area contributed by atoms with Gasteiger partial charge in [-0.3, -0.25) is 0 Å². The second kappa shape index (κ2) is 4.28. The Morgan fingerprint density at radius 2 is 2.21 bits per heavy atom. The summed E-state index contributed by atoms with van der Waals surface area (Å²) in [5.41, 5.74) is 4.56. The standard InChI is InChI=1S/C8H9F3N2O/c1-14-7-4(9)2-5(8(10)11)13-6(7)3-12/h2,8H,3,12H2,1H3. The summed E-state index contributed by atoms with van der Waals surface area (Å²) in [7, 11) is 1.22. The Kier molecular flexibility index (Phi) is 3.29. The lowest BCUT2D eigenvalue weighted by Gasteiger charge is -2.08. The number of halogens is 3. The molecule has 3 nitrogen and oxygen atoms in total. The highest BCUT2D eigenvalue weighted by molar-refractivity contribution is 5.31. The summed E-state index contributed by atoms with van der Waals surface area (Å²) in [6, 6.07) is 0.642. The van der Waals surface area contributed by atoms with Gasteiger partial charge < -0.3 is 10.5 Å². The van der Waals surface area contributed by atoms with Gasteiger partial charge in [-0.25, -0.2) is 18.2 Å². The fraction of sp³-hybridized carbons (Fsp3) is 0.375. The lowest BCUT2D eigenvalue weighted by molar-refractivity contribution is 0.145. The number of rotatable bonds is 3. The van der Waals surface area contributed by atoms with Crippen molar-refractivity contribution >= 4 is 0 Å².